The largest absolute Gasteiger partial charge is 0.338 e. The maximum atomic E-state index is 12.3. The molecule has 0 bridgehead atoms. The highest BCUT2D eigenvalue weighted by Crippen LogP contribution is 2.14. The zero-order valence-corrected chi connectivity index (χ0v) is 15.9. The van der Waals surface area contributed by atoms with Gasteiger partial charge in [-0.05, 0) is 11.4 Å². The van der Waals surface area contributed by atoms with Crippen LogP contribution in [0.3, 0.4) is 0 Å². The van der Waals surface area contributed by atoms with E-state index in [4.69, 9.17) is 0 Å². The number of rotatable bonds is 3. The van der Waals surface area contributed by atoms with E-state index in [9.17, 15) is 9.59 Å². The summed E-state index contributed by atoms with van der Waals surface area (Å²) in [7, 11) is 0. The Morgan fingerprint density at radius 1 is 1.00 bits per heavy atom. The van der Waals surface area contributed by atoms with Gasteiger partial charge < -0.3 is 15.1 Å². The second-order valence-corrected chi connectivity index (χ2v) is 6.62. The molecule has 9 heteroatoms. The van der Waals surface area contributed by atoms with Crippen LogP contribution in [0.25, 0.3) is 0 Å². The van der Waals surface area contributed by atoms with Crippen molar-refractivity contribution in [2.75, 3.05) is 58.9 Å². The van der Waals surface area contributed by atoms with E-state index in [1.54, 1.807) is 0 Å². The van der Waals surface area contributed by atoms with Crippen molar-refractivity contribution in [3.05, 3.63) is 22.4 Å². The van der Waals surface area contributed by atoms with Crippen LogP contribution in [0.15, 0.2) is 17.5 Å². The van der Waals surface area contributed by atoms with E-state index in [0.717, 1.165) is 31.1 Å². The normalized spacial score (nSPS) is 18.5. The highest BCUT2D eigenvalue weighted by atomic mass is 35.5. The first kappa shape index (κ1) is 21.2. The lowest BCUT2D eigenvalue weighted by Gasteiger charge is -2.36. The van der Waals surface area contributed by atoms with Crippen LogP contribution in [0.1, 0.15) is 9.67 Å². The molecule has 2 saturated heterocycles. The molecule has 0 aliphatic carbocycles. The van der Waals surface area contributed by atoms with Crippen molar-refractivity contribution < 1.29 is 9.59 Å². The van der Waals surface area contributed by atoms with E-state index >= 15 is 0 Å². The maximum absolute atomic E-state index is 12.3. The van der Waals surface area contributed by atoms with Gasteiger partial charge in [0.1, 0.15) is 0 Å². The van der Waals surface area contributed by atoms with Crippen LogP contribution in [-0.2, 0) is 4.79 Å². The number of thiophene rings is 1. The summed E-state index contributed by atoms with van der Waals surface area (Å²) in [5.41, 5.74) is 0. The lowest BCUT2D eigenvalue weighted by molar-refractivity contribution is -0.134. The minimum absolute atomic E-state index is 0. The van der Waals surface area contributed by atoms with E-state index in [2.05, 4.69) is 10.2 Å². The minimum Gasteiger partial charge on any atom is -0.338 e. The molecular formula is C15H24Cl2N4O2S. The van der Waals surface area contributed by atoms with E-state index in [1.807, 2.05) is 27.3 Å². The SMILES string of the molecule is Cl.Cl.O=C(CN1CCNCC1)N1CCN(C(=O)c2cccs2)CC1. The van der Waals surface area contributed by atoms with E-state index in [1.165, 1.54) is 11.3 Å². The van der Waals surface area contributed by atoms with Crippen molar-refractivity contribution in [2.45, 2.75) is 0 Å². The van der Waals surface area contributed by atoms with Gasteiger partial charge in [-0.3, -0.25) is 14.5 Å². The van der Waals surface area contributed by atoms with Crippen LogP contribution >= 0.6 is 36.2 Å². The summed E-state index contributed by atoms with van der Waals surface area (Å²) in [6, 6.07) is 3.75. The summed E-state index contributed by atoms with van der Waals surface area (Å²) in [6.45, 7) is 6.82. The maximum Gasteiger partial charge on any atom is 0.264 e. The van der Waals surface area contributed by atoms with Crippen molar-refractivity contribution in [1.82, 2.24) is 20.0 Å². The molecule has 0 atom stereocenters. The molecule has 0 unspecified atom stereocenters. The Hall–Kier alpha value is -0.860. The second kappa shape index (κ2) is 10.2. The number of halogens is 2. The number of piperazine rings is 2. The average molecular weight is 395 g/mol. The third-order valence-corrected chi connectivity index (χ3v) is 5.08. The minimum atomic E-state index is 0. The number of nitrogens with one attached hydrogen (secondary N) is 1. The molecule has 3 heterocycles. The topological polar surface area (TPSA) is 55.9 Å². The first-order valence-corrected chi connectivity index (χ1v) is 8.65. The average Bonchev–Trinajstić information content (AvgIpc) is 3.10. The van der Waals surface area contributed by atoms with E-state index in [0.29, 0.717) is 32.7 Å². The zero-order chi connectivity index (χ0) is 15.4. The van der Waals surface area contributed by atoms with Crippen molar-refractivity contribution in [1.29, 1.82) is 0 Å². The van der Waals surface area contributed by atoms with Crippen molar-refractivity contribution in [2.24, 2.45) is 0 Å². The third-order valence-electron chi connectivity index (χ3n) is 4.22. The van der Waals surface area contributed by atoms with Crippen molar-refractivity contribution in [3.8, 4) is 0 Å². The Morgan fingerprint density at radius 3 is 2.21 bits per heavy atom. The number of nitrogens with zero attached hydrogens (tertiary/aromatic N) is 3. The molecule has 24 heavy (non-hydrogen) atoms. The van der Waals surface area contributed by atoms with Gasteiger partial charge in [0, 0.05) is 52.4 Å². The monoisotopic (exact) mass is 394 g/mol. The molecule has 2 fully saturated rings. The summed E-state index contributed by atoms with van der Waals surface area (Å²) >= 11 is 1.47. The molecule has 1 N–H and O–H groups in total. The Kier molecular flexibility index (Phi) is 9.01. The van der Waals surface area contributed by atoms with Crippen LogP contribution in [0.2, 0.25) is 0 Å². The quantitative estimate of drug-likeness (QED) is 0.822. The molecule has 3 rings (SSSR count). The molecule has 2 aliphatic heterocycles. The highest BCUT2D eigenvalue weighted by molar-refractivity contribution is 7.12. The molecule has 2 amide bonds. The number of hydrogen-bond donors (Lipinski definition) is 1. The Bertz CT molecular complexity index is 516. The smallest absolute Gasteiger partial charge is 0.264 e. The fourth-order valence-corrected chi connectivity index (χ4v) is 3.57. The second-order valence-electron chi connectivity index (χ2n) is 5.68. The Balaban J connectivity index is 0.00000144. The lowest BCUT2D eigenvalue weighted by atomic mass is 10.2. The Morgan fingerprint density at radius 2 is 1.62 bits per heavy atom. The van der Waals surface area contributed by atoms with Crippen LogP contribution in [0, 0.1) is 0 Å². The highest BCUT2D eigenvalue weighted by Gasteiger charge is 2.26. The van der Waals surface area contributed by atoms with Gasteiger partial charge >= 0.3 is 0 Å². The summed E-state index contributed by atoms with van der Waals surface area (Å²) in [6.07, 6.45) is 0. The summed E-state index contributed by atoms with van der Waals surface area (Å²) < 4.78 is 0. The zero-order valence-electron chi connectivity index (χ0n) is 13.5. The van der Waals surface area contributed by atoms with Gasteiger partial charge in [-0.2, -0.15) is 0 Å². The van der Waals surface area contributed by atoms with Gasteiger partial charge in [-0.1, -0.05) is 6.07 Å². The predicted octanol–water partition coefficient (Wildman–Crippen LogP) is 0.781. The summed E-state index contributed by atoms with van der Waals surface area (Å²) in [4.78, 5) is 31.3. The third kappa shape index (κ3) is 5.32. The number of carbonyl (C=O) groups excluding carboxylic acids is 2. The number of amides is 2. The molecule has 0 spiro atoms. The van der Waals surface area contributed by atoms with Gasteiger partial charge in [0.15, 0.2) is 0 Å². The van der Waals surface area contributed by atoms with Crippen LogP contribution < -0.4 is 5.32 Å². The van der Waals surface area contributed by atoms with Crippen molar-refractivity contribution >= 4 is 48.0 Å². The van der Waals surface area contributed by atoms with Gasteiger partial charge in [0.2, 0.25) is 5.91 Å². The standard InChI is InChI=1S/C15H22N4O2S.2ClH/c20-14(12-17-5-3-16-4-6-17)18-7-9-19(10-8-18)15(21)13-2-1-11-22-13;;/h1-2,11,16H,3-10,12H2;2*1H. The number of hydrogen-bond acceptors (Lipinski definition) is 5. The lowest BCUT2D eigenvalue weighted by Crippen LogP contribution is -2.54. The molecule has 0 aromatic carbocycles. The first-order valence-electron chi connectivity index (χ1n) is 7.77. The molecule has 0 radical (unpaired) electrons. The van der Waals surface area contributed by atoms with Crippen LogP contribution in [0.4, 0.5) is 0 Å². The predicted molar refractivity (Wildman–Crippen MR) is 101 cm³/mol. The van der Waals surface area contributed by atoms with Crippen LogP contribution in [0.5, 0.6) is 0 Å². The molecule has 2 aliphatic rings. The molecule has 1 aromatic rings. The van der Waals surface area contributed by atoms with Gasteiger partial charge in [0.05, 0.1) is 11.4 Å². The fraction of sp³-hybridized carbons (Fsp3) is 0.600. The van der Waals surface area contributed by atoms with Gasteiger partial charge in [-0.15, -0.1) is 36.2 Å². The molecule has 0 saturated carbocycles. The molecule has 136 valence electrons. The molecule has 1 aromatic heterocycles. The fourth-order valence-electron chi connectivity index (χ4n) is 2.88. The van der Waals surface area contributed by atoms with Gasteiger partial charge in [0.25, 0.3) is 5.91 Å². The summed E-state index contributed by atoms with van der Waals surface area (Å²) in [5.74, 6) is 0.273. The van der Waals surface area contributed by atoms with Crippen molar-refractivity contribution in [3.63, 3.8) is 0 Å². The van der Waals surface area contributed by atoms with E-state index < -0.39 is 0 Å². The molecular weight excluding hydrogens is 371 g/mol. The Labute approximate surface area is 159 Å². The summed E-state index contributed by atoms with van der Waals surface area (Å²) in [5, 5.41) is 5.21. The van der Waals surface area contributed by atoms with Gasteiger partial charge in [-0.25, -0.2) is 0 Å². The van der Waals surface area contributed by atoms with E-state index in [-0.39, 0.29) is 36.6 Å². The molecule has 6 nitrogen and oxygen atoms in total. The first-order chi connectivity index (χ1) is 10.7. The van der Waals surface area contributed by atoms with Crippen LogP contribution in [-0.4, -0.2) is 85.4 Å². The number of carbonyl (C=O) groups is 2.